The van der Waals surface area contributed by atoms with E-state index in [1.54, 1.807) is 22.4 Å². The Labute approximate surface area is 127 Å². The summed E-state index contributed by atoms with van der Waals surface area (Å²) >= 11 is 1.63. The van der Waals surface area contributed by atoms with Crippen LogP contribution in [0, 0.1) is 0 Å². The van der Waals surface area contributed by atoms with Crippen LogP contribution in [0.4, 0.5) is 9.93 Å². The quantitative estimate of drug-likeness (QED) is 0.874. The topological polar surface area (TPSA) is 45.7 Å². The van der Waals surface area contributed by atoms with Crippen LogP contribution in [0.2, 0.25) is 0 Å². The lowest BCUT2D eigenvalue weighted by molar-refractivity contribution is 0.0942. The molecule has 2 heterocycles. The van der Waals surface area contributed by atoms with Crippen LogP contribution in [0.1, 0.15) is 5.56 Å². The van der Waals surface area contributed by atoms with Gasteiger partial charge in [-0.15, -0.1) is 11.3 Å². The third kappa shape index (κ3) is 3.52. The zero-order chi connectivity index (χ0) is 14.5. The summed E-state index contributed by atoms with van der Waals surface area (Å²) in [6.07, 6.45) is 1.57. The highest BCUT2D eigenvalue weighted by molar-refractivity contribution is 7.13. The van der Waals surface area contributed by atoms with Crippen LogP contribution in [-0.4, -0.2) is 42.2 Å². The predicted octanol–water partition coefficient (Wildman–Crippen LogP) is 2.60. The highest BCUT2D eigenvalue weighted by atomic mass is 32.1. The Morgan fingerprint density at radius 3 is 2.62 bits per heavy atom. The summed E-state index contributed by atoms with van der Waals surface area (Å²) in [4.78, 5) is 20.3. The number of benzene rings is 1. The molecule has 1 aromatic heterocycles. The number of amides is 1. The van der Waals surface area contributed by atoms with Crippen molar-refractivity contribution in [3.63, 3.8) is 0 Å². The molecule has 1 aliphatic heterocycles. The second-order valence-corrected chi connectivity index (χ2v) is 5.70. The number of hydrogen-bond donors (Lipinski definition) is 0. The van der Waals surface area contributed by atoms with E-state index in [0.29, 0.717) is 19.7 Å². The summed E-state index contributed by atoms with van der Waals surface area (Å²) in [6, 6.07) is 9.73. The lowest BCUT2D eigenvalue weighted by Gasteiger charge is -2.33. The molecule has 0 atom stereocenters. The Hall–Kier alpha value is -2.08. The molecule has 1 aromatic carbocycles. The maximum atomic E-state index is 12.0. The molecule has 3 rings (SSSR count). The van der Waals surface area contributed by atoms with Gasteiger partial charge in [0, 0.05) is 37.8 Å². The van der Waals surface area contributed by atoms with Gasteiger partial charge in [0.15, 0.2) is 5.13 Å². The molecule has 1 amide bonds. The highest BCUT2D eigenvalue weighted by Crippen LogP contribution is 2.19. The summed E-state index contributed by atoms with van der Waals surface area (Å²) in [5.74, 6) is 0. The molecule has 1 aliphatic rings. The van der Waals surface area contributed by atoms with Crippen LogP contribution in [0.15, 0.2) is 41.9 Å². The summed E-state index contributed by atoms with van der Waals surface area (Å²) in [5.41, 5.74) is 1.01. The fourth-order valence-corrected chi connectivity index (χ4v) is 2.96. The number of nitrogens with zero attached hydrogens (tertiary/aromatic N) is 3. The molecule has 0 spiro atoms. The van der Waals surface area contributed by atoms with E-state index in [9.17, 15) is 4.79 Å². The SMILES string of the molecule is O=C(OCc1ccccc1)N1CCN(c2nccs2)CC1. The molecule has 0 saturated carbocycles. The van der Waals surface area contributed by atoms with Crippen LogP contribution < -0.4 is 4.90 Å². The largest absolute Gasteiger partial charge is 0.445 e. The number of aromatic nitrogens is 1. The number of rotatable bonds is 3. The number of carbonyl (C=O) groups is 1. The molecular formula is C15H17N3O2S. The minimum absolute atomic E-state index is 0.238. The third-order valence-electron chi connectivity index (χ3n) is 3.43. The van der Waals surface area contributed by atoms with Crippen molar-refractivity contribution in [2.75, 3.05) is 31.1 Å². The molecule has 0 aliphatic carbocycles. The molecule has 1 saturated heterocycles. The molecule has 0 N–H and O–H groups in total. The second-order valence-electron chi connectivity index (χ2n) is 4.83. The van der Waals surface area contributed by atoms with Gasteiger partial charge in [-0.05, 0) is 5.56 Å². The average molecular weight is 303 g/mol. The normalized spacial score (nSPS) is 15.0. The summed E-state index contributed by atoms with van der Waals surface area (Å²) < 4.78 is 5.35. The number of hydrogen-bond acceptors (Lipinski definition) is 5. The van der Waals surface area contributed by atoms with Crippen LogP contribution in [0.3, 0.4) is 0 Å². The molecular weight excluding hydrogens is 286 g/mol. The number of piperazine rings is 1. The molecule has 2 aromatic rings. The van der Waals surface area contributed by atoms with E-state index in [-0.39, 0.29) is 6.09 Å². The van der Waals surface area contributed by atoms with Crippen molar-refractivity contribution in [2.24, 2.45) is 0 Å². The fourth-order valence-electron chi connectivity index (χ4n) is 2.26. The molecule has 0 radical (unpaired) electrons. The molecule has 6 heteroatoms. The zero-order valence-corrected chi connectivity index (χ0v) is 12.5. The third-order valence-corrected chi connectivity index (χ3v) is 4.27. The minimum atomic E-state index is -0.238. The van der Waals surface area contributed by atoms with Crippen molar-refractivity contribution < 1.29 is 9.53 Å². The molecule has 0 bridgehead atoms. The second kappa shape index (κ2) is 6.58. The minimum Gasteiger partial charge on any atom is -0.445 e. The van der Waals surface area contributed by atoms with Gasteiger partial charge in [-0.2, -0.15) is 0 Å². The first-order valence-electron chi connectivity index (χ1n) is 6.93. The van der Waals surface area contributed by atoms with Crippen LogP contribution in [0.25, 0.3) is 0 Å². The summed E-state index contributed by atoms with van der Waals surface area (Å²) in [5, 5.41) is 2.99. The van der Waals surface area contributed by atoms with Crippen LogP contribution >= 0.6 is 11.3 Å². The number of ether oxygens (including phenoxy) is 1. The van der Waals surface area contributed by atoms with Crippen molar-refractivity contribution in [1.29, 1.82) is 0 Å². The van der Waals surface area contributed by atoms with Gasteiger partial charge in [-0.1, -0.05) is 30.3 Å². The Kier molecular flexibility index (Phi) is 4.35. The lowest BCUT2D eigenvalue weighted by Crippen LogP contribution is -2.48. The average Bonchev–Trinajstić information content (AvgIpc) is 3.08. The molecule has 1 fully saturated rings. The van der Waals surface area contributed by atoms with Crippen molar-refractivity contribution in [3.05, 3.63) is 47.5 Å². The van der Waals surface area contributed by atoms with Gasteiger partial charge in [0.05, 0.1) is 0 Å². The number of carbonyl (C=O) groups excluding carboxylic acids is 1. The van der Waals surface area contributed by atoms with Crippen molar-refractivity contribution in [1.82, 2.24) is 9.88 Å². The Bertz CT molecular complexity index is 566. The lowest BCUT2D eigenvalue weighted by atomic mass is 10.2. The van der Waals surface area contributed by atoms with Gasteiger partial charge in [-0.3, -0.25) is 0 Å². The molecule has 5 nitrogen and oxygen atoms in total. The van der Waals surface area contributed by atoms with Crippen LogP contribution in [-0.2, 0) is 11.3 Å². The van der Waals surface area contributed by atoms with E-state index in [1.165, 1.54) is 0 Å². The molecule has 21 heavy (non-hydrogen) atoms. The van der Waals surface area contributed by atoms with E-state index < -0.39 is 0 Å². The van der Waals surface area contributed by atoms with E-state index >= 15 is 0 Å². The monoisotopic (exact) mass is 303 g/mol. The molecule has 110 valence electrons. The standard InChI is InChI=1S/C15H17N3O2S/c19-15(20-12-13-4-2-1-3-5-13)18-9-7-17(8-10-18)14-16-6-11-21-14/h1-6,11H,7-10,12H2. The van der Waals surface area contributed by atoms with Crippen molar-refractivity contribution in [2.45, 2.75) is 6.61 Å². The van der Waals surface area contributed by atoms with Crippen LogP contribution in [0.5, 0.6) is 0 Å². The first-order valence-corrected chi connectivity index (χ1v) is 7.81. The highest BCUT2D eigenvalue weighted by Gasteiger charge is 2.23. The van der Waals surface area contributed by atoms with E-state index in [4.69, 9.17) is 4.74 Å². The maximum absolute atomic E-state index is 12.0. The van der Waals surface area contributed by atoms with E-state index in [2.05, 4.69) is 9.88 Å². The van der Waals surface area contributed by atoms with Crippen molar-refractivity contribution >= 4 is 22.6 Å². The first-order chi connectivity index (χ1) is 10.3. The van der Waals surface area contributed by atoms with Crippen molar-refractivity contribution in [3.8, 4) is 0 Å². The van der Waals surface area contributed by atoms with Gasteiger partial charge >= 0.3 is 6.09 Å². The van der Waals surface area contributed by atoms with E-state index in [1.807, 2.05) is 35.7 Å². The Balaban J connectivity index is 1.47. The first kappa shape index (κ1) is 13.9. The number of thiazole rings is 1. The van der Waals surface area contributed by atoms with Gasteiger partial charge in [0.1, 0.15) is 6.61 Å². The molecule has 0 unspecified atom stereocenters. The number of anilines is 1. The fraction of sp³-hybridized carbons (Fsp3) is 0.333. The predicted molar refractivity (Wildman–Crippen MR) is 82.5 cm³/mol. The summed E-state index contributed by atoms with van der Waals surface area (Å²) in [6.45, 7) is 3.27. The Morgan fingerprint density at radius 2 is 1.95 bits per heavy atom. The van der Waals surface area contributed by atoms with Gasteiger partial charge in [0.2, 0.25) is 0 Å². The van der Waals surface area contributed by atoms with Gasteiger partial charge < -0.3 is 14.5 Å². The van der Waals surface area contributed by atoms with Gasteiger partial charge in [0.25, 0.3) is 0 Å². The van der Waals surface area contributed by atoms with Gasteiger partial charge in [-0.25, -0.2) is 9.78 Å². The Morgan fingerprint density at radius 1 is 1.19 bits per heavy atom. The van der Waals surface area contributed by atoms with E-state index in [0.717, 1.165) is 23.8 Å². The summed E-state index contributed by atoms with van der Waals surface area (Å²) in [7, 11) is 0. The zero-order valence-electron chi connectivity index (χ0n) is 11.6. The maximum Gasteiger partial charge on any atom is 0.410 e. The smallest absolute Gasteiger partial charge is 0.410 e.